The summed E-state index contributed by atoms with van der Waals surface area (Å²) in [7, 11) is 0. The van der Waals surface area contributed by atoms with Crippen molar-refractivity contribution in [1.82, 2.24) is 0 Å². The van der Waals surface area contributed by atoms with Crippen molar-refractivity contribution in [3.05, 3.63) is 0 Å². The third-order valence-electron chi connectivity index (χ3n) is 3.43. The van der Waals surface area contributed by atoms with Gasteiger partial charge in [0.1, 0.15) is 0 Å². The number of rotatable bonds is 2. The van der Waals surface area contributed by atoms with Crippen LogP contribution in [0.5, 0.6) is 0 Å². The van der Waals surface area contributed by atoms with E-state index in [2.05, 4.69) is 13.8 Å². The topological polar surface area (TPSA) is 9.23 Å². The molecule has 1 heteroatoms. The van der Waals surface area contributed by atoms with Crippen LogP contribution in [0.25, 0.3) is 0 Å². The van der Waals surface area contributed by atoms with Gasteiger partial charge in [0.05, 0.1) is 12.2 Å². The van der Waals surface area contributed by atoms with Gasteiger partial charge in [-0.2, -0.15) is 0 Å². The Kier molecular flexibility index (Phi) is 1.92. The molecule has 2 aliphatic carbocycles. The molecule has 0 amide bonds. The van der Waals surface area contributed by atoms with E-state index in [-0.39, 0.29) is 0 Å². The maximum atomic E-state index is 5.95. The van der Waals surface area contributed by atoms with E-state index in [9.17, 15) is 0 Å². The summed E-state index contributed by atoms with van der Waals surface area (Å²) in [5, 5.41) is 0. The molecule has 0 radical (unpaired) electrons. The molecule has 0 aromatic carbocycles. The Hall–Kier alpha value is -0.0400. The predicted molar refractivity (Wildman–Crippen MR) is 45.5 cm³/mol. The second-order valence-corrected chi connectivity index (χ2v) is 4.32. The van der Waals surface area contributed by atoms with Crippen molar-refractivity contribution in [2.45, 2.75) is 51.7 Å². The lowest BCUT2D eigenvalue weighted by atomic mass is 9.80. The lowest BCUT2D eigenvalue weighted by molar-refractivity contribution is -0.133. The van der Waals surface area contributed by atoms with Gasteiger partial charge in [-0.15, -0.1) is 0 Å². The quantitative estimate of drug-likeness (QED) is 0.594. The Morgan fingerprint density at radius 3 is 1.45 bits per heavy atom. The molecule has 4 unspecified atom stereocenters. The SMILES string of the molecule is CC1CCC1OC1CCC1C. The Bertz CT molecular complexity index is 128. The molecule has 0 heterocycles. The van der Waals surface area contributed by atoms with Crippen molar-refractivity contribution in [1.29, 1.82) is 0 Å². The Morgan fingerprint density at radius 1 is 0.818 bits per heavy atom. The first kappa shape index (κ1) is 7.60. The lowest BCUT2D eigenvalue weighted by Crippen LogP contribution is -2.41. The van der Waals surface area contributed by atoms with Crippen LogP contribution in [-0.4, -0.2) is 12.2 Å². The second-order valence-electron chi connectivity index (χ2n) is 4.32. The van der Waals surface area contributed by atoms with Crippen LogP contribution in [0, 0.1) is 11.8 Å². The first-order valence-corrected chi connectivity index (χ1v) is 4.93. The highest BCUT2D eigenvalue weighted by molar-refractivity contribution is 4.84. The maximum absolute atomic E-state index is 5.95. The van der Waals surface area contributed by atoms with E-state index < -0.39 is 0 Å². The van der Waals surface area contributed by atoms with E-state index >= 15 is 0 Å². The molecular weight excluding hydrogens is 136 g/mol. The fourth-order valence-corrected chi connectivity index (χ4v) is 1.90. The molecule has 1 nitrogen and oxygen atoms in total. The fourth-order valence-electron chi connectivity index (χ4n) is 1.90. The van der Waals surface area contributed by atoms with Crippen LogP contribution < -0.4 is 0 Å². The second kappa shape index (κ2) is 2.78. The summed E-state index contributed by atoms with van der Waals surface area (Å²) in [5.41, 5.74) is 0. The molecule has 0 N–H and O–H groups in total. The van der Waals surface area contributed by atoms with Crippen molar-refractivity contribution in [3.8, 4) is 0 Å². The van der Waals surface area contributed by atoms with E-state index in [1.54, 1.807) is 0 Å². The first-order chi connectivity index (χ1) is 5.27. The van der Waals surface area contributed by atoms with E-state index in [4.69, 9.17) is 4.74 Å². The first-order valence-electron chi connectivity index (χ1n) is 4.93. The highest BCUT2D eigenvalue weighted by Crippen LogP contribution is 2.37. The zero-order valence-corrected chi connectivity index (χ0v) is 7.55. The summed E-state index contributed by atoms with van der Waals surface area (Å²) in [6.07, 6.45) is 6.61. The number of hydrogen-bond acceptors (Lipinski definition) is 1. The fraction of sp³-hybridized carbons (Fsp3) is 1.00. The van der Waals surface area contributed by atoms with Crippen molar-refractivity contribution < 1.29 is 4.74 Å². The minimum atomic E-state index is 0.614. The Balaban J connectivity index is 1.73. The molecule has 0 aromatic rings. The van der Waals surface area contributed by atoms with Crippen LogP contribution in [-0.2, 0) is 4.74 Å². The average molecular weight is 154 g/mol. The molecule has 11 heavy (non-hydrogen) atoms. The monoisotopic (exact) mass is 154 g/mol. The molecule has 0 aliphatic heterocycles. The standard InChI is InChI=1S/C10H18O/c1-7-3-5-9(7)11-10-6-4-8(10)2/h7-10H,3-6H2,1-2H3. The molecule has 4 atom stereocenters. The Morgan fingerprint density at radius 2 is 1.27 bits per heavy atom. The molecule has 0 spiro atoms. The average Bonchev–Trinajstić information content (AvgIpc) is 1.99. The van der Waals surface area contributed by atoms with E-state index in [0.29, 0.717) is 12.2 Å². The van der Waals surface area contributed by atoms with Crippen molar-refractivity contribution >= 4 is 0 Å². The predicted octanol–water partition coefficient (Wildman–Crippen LogP) is 2.60. The smallest absolute Gasteiger partial charge is 0.0604 e. The molecular formula is C10H18O. The summed E-state index contributed by atoms with van der Waals surface area (Å²) in [4.78, 5) is 0. The van der Waals surface area contributed by atoms with Gasteiger partial charge in [0.2, 0.25) is 0 Å². The summed E-state index contributed by atoms with van der Waals surface area (Å²) in [6.45, 7) is 4.61. The molecule has 64 valence electrons. The highest BCUT2D eigenvalue weighted by Gasteiger charge is 2.35. The summed E-state index contributed by atoms with van der Waals surface area (Å²) in [5.74, 6) is 1.67. The molecule has 2 rings (SSSR count). The molecule has 0 bridgehead atoms. The van der Waals surface area contributed by atoms with E-state index in [1.165, 1.54) is 25.7 Å². The molecule has 2 aliphatic rings. The molecule has 2 saturated carbocycles. The summed E-state index contributed by atoms with van der Waals surface area (Å²) < 4.78 is 5.95. The number of hydrogen-bond donors (Lipinski definition) is 0. The van der Waals surface area contributed by atoms with Crippen LogP contribution in [0.4, 0.5) is 0 Å². The highest BCUT2D eigenvalue weighted by atomic mass is 16.5. The van der Waals surface area contributed by atoms with E-state index in [1.807, 2.05) is 0 Å². The minimum absolute atomic E-state index is 0.614. The van der Waals surface area contributed by atoms with Gasteiger partial charge >= 0.3 is 0 Å². The normalized spacial score (nSPS) is 49.6. The van der Waals surface area contributed by atoms with Crippen molar-refractivity contribution in [3.63, 3.8) is 0 Å². The lowest BCUT2D eigenvalue weighted by Gasteiger charge is -2.42. The maximum Gasteiger partial charge on any atom is 0.0604 e. The van der Waals surface area contributed by atoms with Gasteiger partial charge in [-0.25, -0.2) is 0 Å². The Labute approximate surface area is 69.1 Å². The van der Waals surface area contributed by atoms with Gasteiger partial charge in [-0.3, -0.25) is 0 Å². The zero-order chi connectivity index (χ0) is 7.84. The molecule has 0 aromatic heterocycles. The van der Waals surface area contributed by atoms with Crippen LogP contribution >= 0.6 is 0 Å². The van der Waals surface area contributed by atoms with E-state index in [0.717, 1.165) is 11.8 Å². The molecule has 0 saturated heterocycles. The van der Waals surface area contributed by atoms with Gasteiger partial charge in [0.15, 0.2) is 0 Å². The van der Waals surface area contributed by atoms with Crippen LogP contribution in [0.3, 0.4) is 0 Å². The van der Waals surface area contributed by atoms with Gasteiger partial charge in [0.25, 0.3) is 0 Å². The van der Waals surface area contributed by atoms with Crippen LogP contribution in [0.2, 0.25) is 0 Å². The third-order valence-corrected chi connectivity index (χ3v) is 3.43. The minimum Gasteiger partial charge on any atom is -0.374 e. The molecule has 2 fully saturated rings. The van der Waals surface area contributed by atoms with Crippen LogP contribution in [0.15, 0.2) is 0 Å². The zero-order valence-electron chi connectivity index (χ0n) is 7.55. The summed E-state index contributed by atoms with van der Waals surface area (Å²) >= 11 is 0. The summed E-state index contributed by atoms with van der Waals surface area (Å²) in [6, 6.07) is 0. The van der Waals surface area contributed by atoms with Gasteiger partial charge in [0, 0.05) is 0 Å². The van der Waals surface area contributed by atoms with Gasteiger partial charge in [-0.05, 0) is 37.5 Å². The van der Waals surface area contributed by atoms with Crippen LogP contribution in [0.1, 0.15) is 39.5 Å². The van der Waals surface area contributed by atoms with Gasteiger partial charge in [-0.1, -0.05) is 13.8 Å². The largest absolute Gasteiger partial charge is 0.374 e. The third kappa shape index (κ3) is 1.31. The number of ether oxygens (including phenoxy) is 1. The van der Waals surface area contributed by atoms with Crippen molar-refractivity contribution in [2.24, 2.45) is 11.8 Å². The van der Waals surface area contributed by atoms with Crippen molar-refractivity contribution in [2.75, 3.05) is 0 Å². The van der Waals surface area contributed by atoms with Gasteiger partial charge < -0.3 is 4.74 Å².